The Morgan fingerprint density at radius 3 is 3.19 bits per heavy atom. The third-order valence-electron chi connectivity index (χ3n) is 4.44. The highest BCUT2D eigenvalue weighted by molar-refractivity contribution is 7.20. The summed E-state index contributed by atoms with van der Waals surface area (Å²) in [6.07, 6.45) is 3.33. The highest BCUT2D eigenvalue weighted by Crippen LogP contribution is 2.27. The van der Waals surface area contributed by atoms with Gasteiger partial charge in [-0.15, -0.1) is 5.10 Å². The SMILES string of the molecule is Cc1cc(=O)n2nc(N3CCC[C@@H](C(=O)NCc4ccco4)C3)sc2n1. The number of hydrogen-bond donors (Lipinski definition) is 1. The van der Waals surface area contributed by atoms with Crippen molar-refractivity contribution in [3.05, 3.63) is 46.3 Å². The van der Waals surface area contributed by atoms with E-state index in [-0.39, 0.29) is 17.4 Å². The van der Waals surface area contributed by atoms with Gasteiger partial charge in [0.25, 0.3) is 5.56 Å². The molecule has 1 aliphatic heterocycles. The number of anilines is 1. The summed E-state index contributed by atoms with van der Waals surface area (Å²) in [5, 5.41) is 8.05. The van der Waals surface area contributed by atoms with Crippen LogP contribution >= 0.6 is 11.3 Å². The lowest BCUT2D eigenvalue weighted by Gasteiger charge is -2.31. The Hall–Kier alpha value is -2.68. The fourth-order valence-corrected chi connectivity index (χ4v) is 4.12. The fourth-order valence-electron chi connectivity index (χ4n) is 3.13. The first-order chi connectivity index (χ1) is 12.6. The number of hydrogen-bond acceptors (Lipinski definition) is 7. The van der Waals surface area contributed by atoms with Gasteiger partial charge in [-0.3, -0.25) is 9.59 Å². The van der Waals surface area contributed by atoms with Crippen molar-refractivity contribution in [2.24, 2.45) is 5.92 Å². The Balaban J connectivity index is 1.47. The van der Waals surface area contributed by atoms with Crippen molar-refractivity contribution in [3.63, 3.8) is 0 Å². The zero-order valence-electron chi connectivity index (χ0n) is 14.3. The minimum Gasteiger partial charge on any atom is -0.467 e. The molecule has 26 heavy (non-hydrogen) atoms. The molecule has 0 radical (unpaired) electrons. The zero-order valence-corrected chi connectivity index (χ0v) is 15.2. The topological polar surface area (TPSA) is 92.7 Å². The molecule has 3 aromatic rings. The highest BCUT2D eigenvalue weighted by Gasteiger charge is 2.28. The monoisotopic (exact) mass is 373 g/mol. The quantitative estimate of drug-likeness (QED) is 0.746. The first kappa shape index (κ1) is 16.8. The molecule has 0 saturated carbocycles. The number of nitrogens with zero attached hydrogens (tertiary/aromatic N) is 4. The molecule has 8 nitrogen and oxygen atoms in total. The van der Waals surface area contributed by atoms with E-state index in [9.17, 15) is 9.59 Å². The van der Waals surface area contributed by atoms with Crippen LogP contribution in [-0.2, 0) is 11.3 Å². The van der Waals surface area contributed by atoms with Gasteiger partial charge in [-0.2, -0.15) is 4.52 Å². The second-order valence-electron chi connectivity index (χ2n) is 6.40. The lowest BCUT2D eigenvalue weighted by atomic mass is 9.97. The summed E-state index contributed by atoms with van der Waals surface area (Å²) in [4.78, 5) is 31.5. The molecule has 9 heteroatoms. The molecule has 0 unspecified atom stereocenters. The van der Waals surface area contributed by atoms with Crippen LogP contribution in [0.4, 0.5) is 5.13 Å². The van der Waals surface area contributed by atoms with Gasteiger partial charge in [0.2, 0.25) is 16.0 Å². The number of piperidine rings is 1. The van der Waals surface area contributed by atoms with Gasteiger partial charge in [0.1, 0.15) is 5.76 Å². The van der Waals surface area contributed by atoms with Crippen molar-refractivity contribution in [2.75, 3.05) is 18.0 Å². The molecule has 1 aliphatic rings. The number of furan rings is 1. The van der Waals surface area contributed by atoms with Gasteiger partial charge < -0.3 is 14.6 Å². The van der Waals surface area contributed by atoms with E-state index in [0.29, 0.717) is 23.7 Å². The van der Waals surface area contributed by atoms with Crippen molar-refractivity contribution in [1.82, 2.24) is 19.9 Å². The van der Waals surface area contributed by atoms with E-state index in [1.165, 1.54) is 21.9 Å². The number of fused-ring (bicyclic) bond motifs is 1. The van der Waals surface area contributed by atoms with E-state index in [1.807, 2.05) is 6.07 Å². The number of carbonyl (C=O) groups excluding carboxylic acids is 1. The summed E-state index contributed by atoms with van der Waals surface area (Å²) in [5.41, 5.74) is 0.499. The largest absolute Gasteiger partial charge is 0.467 e. The summed E-state index contributed by atoms with van der Waals surface area (Å²) in [7, 11) is 0. The molecular weight excluding hydrogens is 354 g/mol. The van der Waals surface area contributed by atoms with E-state index in [0.717, 1.165) is 30.3 Å². The summed E-state index contributed by atoms with van der Waals surface area (Å²) in [5.74, 6) is 0.633. The predicted octanol–water partition coefficient (Wildman–Crippen LogP) is 1.59. The van der Waals surface area contributed by atoms with Crippen molar-refractivity contribution in [1.29, 1.82) is 0 Å². The van der Waals surface area contributed by atoms with Crippen LogP contribution in [0.3, 0.4) is 0 Å². The number of aromatic nitrogens is 3. The predicted molar refractivity (Wildman–Crippen MR) is 97.4 cm³/mol. The van der Waals surface area contributed by atoms with Crippen LogP contribution in [0, 0.1) is 12.8 Å². The summed E-state index contributed by atoms with van der Waals surface area (Å²) >= 11 is 1.38. The Bertz CT molecular complexity index is 978. The maximum Gasteiger partial charge on any atom is 0.275 e. The Kier molecular flexibility index (Phi) is 4.46. The molecule has 0 spiro atoms. The van der Waals surface area contributed by atoms with Crippen LogP contribution in [0.15, 0.2) is 33.7 Å². The summed E-state index contributed by atoms with van der Waals surface area (Å²) in [6, 6.07) is 5.10. The second kappa shape index (κ2) is 6.91. The Morgan fingerprint density at radius 1 is 1.50 bits per heavy atom. The number of amides is 1. The first-order valence-electron chi connectivity index (χ1n) is 8.53. The average Bonchev–Trinajstić information content (AvgIpc) is 3.29. The Morgan fingerprint density at radius 2 is 2.38 bits per heavy atom. The van der Waals surface area contributed by atoms with Crippen LogP contribution in [0.25, 0.3) is 4.96 Å². The third-order valence-corrected chi connectivity index (χ3v) is 5.41. The van der Waals surface area contributed by atoms with Crippen molar-refractivity contribution >= 4 is 27.3 Å². The molecule has 136 valence electrons. The third kappa shape index (κ3) is 3.34. The lowest BCUT2D eigenvalue weighted by molar-refractivity contribution is -0.125. The van der Waals surface area contributed by atoms with Crippen LogP contribution in [0.1, 0.15) is 24.3 Å². The highest BCUT2D eigenvalue weighted by atomic mass is 32.1. The lowest BCUT2D eigenvalue weighted by Crippen LogP contribution is -2.43. The van der Waals surface area contributed by atoms with Gasteiger partial charge in [-0.1, -0.05) is 11.3 Å². The molecule has 1 N–H and O–H groups in total. The zero-order chi connectivity index (χ0) is 18.1. The van der Waals surface area contributed by atoms with Crippen LogP contribution < -0.4 is 15.8 Å². The molecule has 4 heterocycles. The van der Waals surface area contributed by atoms with Gasteiger partial charge in [0.15, 0.2) is 0 Å². The molecule has 1 amide bonds. The van der Waals surface area contributed by atoms with Gasteiger partial charge in [-0.25, -0.2) is 4.98 Å². The number of carbonyl (C=O) groups is 1. The first-order valence-corrected chi connectivity index (χ1v) is 9.34. The van der Waals surface area contributed by atoms with Gasteiger partial charge in [0.05, 0.1) is 18.7 Å². The van der Waals surface area contributed by atoms with Crippen LogP contribution in [0.2, 0.25) is 0 Å². The maximum atomic E-state index is 12.5. The molecular formula is C17H19N5O3S. The second-order valence-corrected chi connectivity index (χ2v) is 7.33. The molecule has 0 aliphatic carbocycles. The smallest absolute Gasteiger partial charge is 0.275 e. The maximum absolute atomic E-state index is 12.5. The minimum atomic E-state index is -0.181. The van der Waals surface area contributed by atoms with Crippen LogP contribution in [0.5, 0.6) is 0 Å². The molecule has 1 atom stereocenters. The summed E-state index contributed by atoms with van der Waals surface area (Å²) < 4.78 is 6.57. The van der Waals surface area contributed by atoms with Gasteiger partial charge in [-0.05, 0) is 31.9 Å². The van der Waals surface area contributed by atoms with E-state index >= 15 is 0 Å². The van der Waals surface area contributed by atoms with Gasteiger partial charge >= 0.3 is 0 Å². The molecule has 0 bridgehead atoms. The van der Waals surface area contributed by atoms with Crippen LogP contribution in [-0.4, -0.2) is 33.6 Å². The molecule has 0 aromatic carbocycles. The molecule has 3 aromatic heterocycles. The molecule has 1 fully saturated rings. The molecule has 4 rings (SSSR count). The minimum absolute atomic E-state index is 0.0124. The van der Waals surface area contributed by atoms with Crippen molar-refractivity contribution in [2.45, 2.75) is 26.3 Å². The normalized spacial score (nSPS) is 17.6. The van der Waals surface area contributed by atoms with Crippen molar-refractivity contribution in [3.8, 4) is 0 Å². The van der Waals surface area contributed by atoms with E-state index in [2.05, 4.69) is 20.3 Å². The Labute approximate surface area is 153 Å². The van der Waals surface area contributed by atoms with E-state index in [1.54, 1.807) is 19.3 Å². The summed E-state index contributed by atoms with van der Waals surface area (Å²) in [6.45, 7) is 3.58. The van der Waals surface area contributed by atoms with Crippen molar-refractivity contribution < 1.29 is 9.21 Å². The van der Waals surface area contributed by atoms with E-state index < -0.39 is 0 Å². The number of rotatable bonds is 4. The molecule has 1 saturated heterocycles. The number of nitrogens with one attached hydrogen (secondary N) is 1. The number of aryl methyl sites for hydroxylation is 1. The van der Waals surface area contributed by atoms with E-state index in [4.69, 9.17) is 4.42 Å². The van der Waals surface area contributed by atoms with Gasteiger partial charge in [0, 0.05) is 24.8 Å². The fraction of sp³-hybridized carbons (Fsp3) is 0.412. The standard InChI is InChI=1S/C17H19N5O3S/c1-11-8-14(23)22-16(19-11)26-17(20-22)21-6-2-4-12(10-21)15(24)18-9-13-5-3-7-25-13/h3,5,7-8,12H,2,4,6,9-10H2,1H3,(H,18,24)/t12-/m1/s1. The average molecular weight is 373 g/mol.